The molecule has 0 heterocycles. The van der Waals surface area contributed by atoms with Gasteiger partial charge in [0.05, 0.1) is 16.2 Å². The zero-order chi connectivity index (χ0) is 15.6. The third-order valence-electron chi connectivity index (χ3n) is 3.95. The van der Waals surface area contributed by atoms with Crippen LogP contribution in [0.1, 0.15) is 43.0 Å². The number of aromatic carboxylic acids is 1. The first kappa shape index (κ1) is 15.0. The standard InChI is InChI=1S/C14H16N2O5/c1-14(6-2-3-7-14)13(19)15-11-8-9(16(20)21)4-5-10(11)12(17)18/h4-5,8H,2-3,6-7H2,1H3,(H,15,19)(H,17,18). The molecule has 0 atom stereocenters. The van der Waals surface area contributed by atoms with Crippen LogP contribution >= 0.6 is 0 Å². The van der Waals surface area contributed by atoms with Crippen LogP contribution in [0.3, 0.4) is 0 Å². The molecule has 21 heavy (non-hydrogen) atoms. The number of amides is 1. The van der Waals surface area contributed by atoms with Crippen molar-refractivity contribution in [2.45, 2.75) is 32.6 Å². The summed E-state index contributed by atoms with van der Waals surface area (Å²) in [4.78, 5) is 33.6. The van der Waals surface area contributed by atoms with E-state index in [0.717, 1.165) is 43.9 Å². The van der Waals surface area contributed by atoms with Gasteiger partial charge in [0.25, 0.3) is 5.69 Å². The highest BCUT2D eigenvalue weighted by molar-refractivity contribution is 6.02. The van der Waals surface area contributed by atoms with E-state index < -0.39 is 16.3 Å². The zero-order valence-electron chi connectivity index (χ0n) is 11.6. The Labute approximate surface area is 121 Å². The summed E-state index contributed by atoms with van der Waals surface area (Å²) >= 11 is 0. The highest BCUT2D eigenvalue weighted by Gasteiger charge is 2.36. The molecule has 1 aliphatic carbocycles. The van der Waals surface area contributed by atoms with Crippen molar-refractivity contribution in [3.8, 4) is 0 Å². The molecule has 1 amide bonds. The lowest BCUT2D eigenvalue weighted by Gasteiger charge is -2.22. The SMILES string of the molecule is CC1(C(=O)Nc2cc([N+](=O)[O-])ccc2C(=O)O)CCCC1. The summed E-state index contributed by atoms with van der Waals surface area (Å²) in [7, 11) is 0. The summed E-state index contributed by atoms with van der Waals surface area (Å²) in [5.41, 5.74) is -0.988. The molecular weight excluding hydrogens is 276 g/mol. The van der Waals surface area contributed by atoms with Gasteiger partial charge in [0, 0.05) is 17.5 Å². The third kappa shape index (κ3) is 3.01. The van der Waals surface area contributed by atoms with E-state index in [1.54, 1.807) is 0 Å². The first-order chi connectivity index (χ1) is 9.83. The minimum atomic E-state index is -1.24. The number of carboxylic acids is 1. The Kier molecular flexibility index (Phi) is 3.93. The number of hydrogen-bond acceptors (Lipinski definition) is 4. The molecule has 0 aliphatic heterocycles. The number of non-ortho nitro benzene ring substituents is 1. The summed E-state index contributed by atoms with van der Waals surface area (Å²) in [6.07, 6.45) is 3.36. The fourth-order valence-electron chi connectivity index (χ4n) is 2.59. The predicted octanol–water partition coefficient (Wildman–Crippen LogP) is 2.81. The molecule has 1 saturated carbocycles. The second-order valence-corrected chi connectivity index (χ2v) is 5.51. The Morgan fingerprint density at radius 1 is 1.33 bits per heavy atom. The number of carbonyl (C=O) groups is 2. The Hall–Kier alpha value is -2.44. The molecule has 0 aromatic heterocycles. The maximum Gasteiger partial charge on any atom is 0.337 e. The minimum Gasteiger partial charge on any atom is -0.478 e. The number of nitro groups is 1. The lowest BCUT2D eigenvalue weighted by Crippen LogP contribution is -2.31. The van der Waals surface area contributed by atoms with Crippen LogP contribution in [-0.4, -0.2) is 21.9 Å². The molecule has 1 aromatic carbocycles. The quantitative estimate of drug-likeness (QED) is 0.655. The van der Waals surface area contributed by atoms with Crippen LogP contribution < -0.4 is 5.32 Å². The van der Waals surface area contributed by atoms with Crippen LogP contribution in [0, 0.1) is 15.5 Å². The van der Waals surface area contributed by atoms with Crippen molar-refractivity contribution in [1.82, 2.24) is 0 Å². The van der Waals surface area contributed by atoms with Gasteiger partial charge < -0.3 is 10.4 Å². The number of carbonyl (C=O) groups excluding carboxylic acids is 1. The number of benzene rings is 1. The van der Waals surface area contributed by atoms with E-state index in [1.807, 2.05) is 6.92 Å². The summed E-state index contributed by atoms with van der Waals surface area (Å²) in [6, 6.07) is 3.32. The van der Waals surface area contributed by atoms with Gasteiger partial charge in [-0.2, -0.15) is 0 Å². The second-order valence-electron chi connectivity index (χ2n) is 5.51. The zero-order valence-corrected chi connectivity index (χ0v) is 11.6. The highest BCUT2D eigenvalue weighted by atomic mass is 16.6. The first-order valence-electron chi connectivity index (χ1n) is 6.67. The lowest BCUT2D eigenvalue weighted by molar-refractivity contribution is -0.384. The van der Waals surface area contributed by atoms with Crippen molar-refractivity contribution in [1.29, 1.82) is 0 Å². The van der Waals surface area contributed by atoms with E-state index in [9.17, 15) is 19.7 Å². The number of hydrogen-bond donors (Lipinski definition) is 2. The molecule has 0 saturated heterocycles. The average molecular weight is 292 g/mol. The van der Waals surface area contributed by atoms with Gasteiger partial charge in [-0.05, 0) is 18.9 Å². The molecule has 0 radical (unpaired) electrons. The Morgan fingerprint density at radius 3 is 2.48 bits per heavy atom. The fraction of sp³-hybridized carbons (Fsp3) is 0.429. The molecule has 1 aliphatic rings. The first-order valence-corrected chi connectivity index (χ1v) is 6.67. The molecule has 2 rings (SSSR count). The summed E-state index contributed by atoms with van der Waals surface area (Å²) < 4.78 is 0. The molecule has 1 fully saturated rings. The number of nitrogens with zero attached hydrogens (tertiary/aromatic N) is 1. The van der Waals surface area contributed by atoms with Crippen molar-refractivity contribution >= 4 is 23.3 Å². The normalized spacial score (nSPS) is 16.4. The van der Waals surface area contributed by atoms with Gasteiger partial charge >= 0.3 is 5.97 Å². The Bertz CT molecular complexity index is 605. The molecule has 7 heteroatoms. The number of rotatable bonds is 4. The predicted molar refractivity (Wildman–Crippen MR) is 75.3 cm³/mol. The number of anilines is 1. The smallest absolute Gasteiger partial charge is 0.337 e. The number of nitrogens with one attached hydrogen (secondary N) is 1. The van der Waals surface area contributed by atoms with Crippen LogP contribution in [0.25, 0.3) is 0 Å². The monoisotopic (exact) mass is 292 g/mol. The molecule has 2 N–H and O–H groups in total. The average Bonchev–Trinajstić information content (AvgIpc) is 2.86. The van der Waals surface area contributed by atoms with E-state index >= 15 is 0 Å². The fourth-order valence-corrected chi connectivity index (χ4v) is 2.59. The third-order valence-corrected chi connectivity index (χ3v) is 3.95. The molecule has 112 valence electrons. The summed E-state index contributed by atoms with van der Waals surface area (Å²) in [5.74, 6) is -1.53. The van der Waals surface area contributed by atoms with Crippen molar-refractivity contribution in [3.05, 3.63) is 33.9 Å². The number of nitro benzene ring substituents is 1. The maximum atomic E-state index is 12.3. The van der Waals surface area contributed by atoms with Gasteiger partial charge in [-0.15, -0.1) is 0 Å². The van der Waals surface area contributed by atoms with Crippen LogP contribution in [-0.2, 0) is 4.79 Å². The van der Waals surface area contributed by atoms with Gasteiger partial charge in [0.1, 0.15) is 0 Å². The Morgan fingerprint density at radius 2 is 1.95 bits per heavy atom. The lowest BCUT2D eigenvalue weighted by atomic mass is 9.87. The van der Waals surface area contributed by atoms with Crippen molar-refractivity contribution in [3.63, 3.8) is 0 Å². The van der Waals surface area contributed by atoms with Gasteiger partial charge in [-0.25, -0.2) is 4.79 Å². The van der Waals surface area contributed by atoms with Gasteiger partial charge in [-0.3, -0.25) is 14.9 Å². The maximum absolute atomic E-state index is 12.3. The molecule has 0 spiro atoms. The van der Waals surface area contributed by atoms with Crippen molar-refractivity contribution < 1.29 is 19.6 Å². The van der Waals surface area contributed by atoms with E-state index in [4.69, 9.17) is 5.11 Å². The topological polar surface area (TPSA) is 110 Å². The van der Waals surface area contributed by atoms with Gasteiger partial charge in [-0.1, -0.05) is 19.8 Å². The molecule has 0 unspecified atom stereocenters. The van der Waals surface area contributed by atoms with Crippen molar-refractivity contribution in [2.75, 3.05) is 5.32 Å². The minimum absolute atomic E-state index is 0.0326. The largest absolute Gasteiger partial charge is 0.478 e. The summed E-state index contributed by atoms with van der Waals surface area (Å²) in [6.45, 7) is 1.83. The molecule has 0 bridgehead atoms. The second kappa shape index (κ2) is 5.51. The number of carboxylic acid groups (broad SMARTS) is 1. The van der Waals surface area contributed by atoms with Gasteiger partial charge in [0.15, 0.2) is 0 Å². The summed E-state index contributed by atoms with van der Waals surface area (Å²) in [5, 5.41) is 22.4. The van der Waals surface area contributed by atoms with Crippen molar-refractivity contribution in [2.24, 2.45) is 5.41 Å². The van der Waals surface area contributed by atoms with E-state index in [0.29, 0.717) is 0 Å². The van der Waals surface area contributed by atoms with Crippen LogP contribution in [0.4, 0.5) is 11.4 Å². The van der Waals surface area contributed by atoms with E-state index in [2.05, 4.69) is 5.32 Å². The van der Waals surface area contributed by atoms with Crippen LogP contribution in [0.2, 0.25) is 0 Å². The molecular formula is C14H16N2O5. The highest BCUT2D eigenvalue weighted by Crippen LogP contribution is 2.38. The van der Waals surface area contributed by atoms with Gasteiger partial charge in [0.2, 0.25) is 5.91 Å². The van der Waals surface area contributed by atoms with E-state index in [1.165, 1.54) is 0 Å². The van der Waals surface area contributed by atoms with Crippen LogP contribution in [0.5, 0.6) is 0 Å². The molecule has 7 nitrogen and oxygen atoms in total. The van der Waals surface area contributed by atoms with E-state index in [-0.39, 0.29) is 22.8 Å². The molecule has 1 aromatic rings. The van der Waals surface area contributed by atoms with Crippen LogP contribution in [0.15, 0.2) is 18.2 Å². The Balaban J connectivity index is 2.32.